The minimum absolute atomic E-state index is 0. The summed E-state index contributed by atoms with van der Waals surface area (Å²) in [6.45, 7) is 11.4. The second-order valence-electron chi connectivity index (χ2n) is 2.03. The molecule has 0 heterocycles. The first-order valence-electron chi connectivity index (χ1n) is 4.11. The Balaban J connectivity index is -0.0000000450. The zero-order valence-electron chi connectivity index (χ0n) is 8.45. The molecule has 0 aliphatic carbocycles. The molecule has 0 unspecified atom stereocenters. The van der Waals surface area contributed by atoms with Crippen molar-refractivity contribution in [2.45, 2.75) is 39.5 Å². The van der Waals surface area contributed by atoms with Gasteiger partial charge in [-0.15, -0.1) is 0 Å². The summed E-state index contributed by atoms with van der Waals surface area (Å²) in [5, 5.41) is 8.67. The zero-order chi connectivity index (χ0) is 10.4. The predicted octanol–water partition coefficient (Wildman–Crippen LogP) is 1.53. The van der Waals surface area contributed by atoms with E-state index in [1.807, 2.05) is 0 Å². The van der Waals surface area contributed by atoms with Crippen LogP contribution < -0.4 is 10.8 Å². The summed E-state index contributed by atoms with van der Waals surface area (Å²) >= 11 is 0. The van der Waals surface area contributed by atoms with Crippen molar-refractivity contribution in [1.82, 2.24) is 0 Å². The molecule has 1 amide bonds. The average molecular weight is 233 g/mol. The van der Waals surface area contributed by atoms with Gasteiger partial charge in [0.2, 0.25) is 0 Å². The van der Waals surface area contributed by atoms with E-state index in [9.17, 15) is 0 Å². The molecule has 0 saturated heterocycles. The van der Waals surface area contributed by atoms with Crippen LogP contribution in [0.15, 0.2) is 0 Å². The second-order valence-corrected chi connectivity index (χ2v) is 2.03. The van der Waals surface area contributed by atoms with Gasteiger partial charge in [-0.05, 0) is 0 Å². The number of carbonyl (C=O) groups is 1. The quantitative estimate of drug-likeness (QED) is 0.580. The molecule has 0 spiro atoms. The van der Waals surface area contributed by atoms with Crippen LogP contribution in [0, 0.1) is 13.8 Å². The Kier molecular flexibility index (Phi) is 52.7. The van der Waals surface area contributed by atoms with Gasteiger partial charge in [0.15, 0.2) is 0 Å². The van der Waals surface area contributed by atoms with Crippen LogP contribution in [-0.4, -0.2) is 6.09 Å². The molecule has 13 heavy (non-hydrogen) atoms. The Morgan fingerprint density at radius 2 is 1.31 bits per heavy atom. The first-order valence-corrected chi connectivity index (χ1v) is 4.11. The number of carbonyl (C=O) groups excluding carboxylic acids is 1. The van der Waals surface area contributed by atoms with Crippen LogP contribution in [0.25, 0.3) is 0 Å². The molecule has 0 aromatic carbocycles. The maximum Gasteiger partial charge on any atom is 2.00 e. The van der Waals surface area contributed by atoms with Crippen LogP contribution in [0.5, 0.6) is 0 Å². The summed E-state index contributed by atoms with van der Waals surface area (Å²) in [5.74, 6) is 0. The van der Waals surface area contributed by atoms with Gasteiger partial charge in [0.1, 0.15) is 6.09 Å². The van der Waals surface area contributed by atoms with E-state index in [0.29, 0.717) is 0 Å². The van der Waals surface area contributed by atoms with Crippen molar-refractivity contribution in [2.75, 3.05) is 0 Å². The van der Waals surface area contributed by atoms with Gasteiger partial charge < -0.3 is 29.5 Å². The van der Waals surface area contributed by atoms with Crippen LogP contribution >= 0.6 is 0 Å². The number of carboxylic acid groups (broad SMARTS) is 1. The molecular weight excluding hydrogens is 213 g/mol. The van der Waals surface area contributed by atoms with Crippen LogP contribution in [-0.2, 0) is 16.5 Å². The van der Waals surface area contributed by atoms with Crippen molar-refractivity contribution >= 4 is 6.09 Å². The number of amides is 1. The minimum atomic E-state index is -1.58. The fourth-order valence-corrected chi connectivity index (χ4v) is 0. The topological polar surface area (TPSA) is 66.2 Å². The van der Waals surface area contributed by atoms with E-state index in [4.69, 9.17) is 9.90 Å². The fourth-order valence-electron chi connectivity index (χ4n) is 0. The monoisotopic (exact) mass is 232 g/mol. The fraction of sp³-hybridized carbons (Fsp3) is 0.667. The van der Waals surface area contributed by atoms with Gasteiger partial charge >= 0.3 is 16.5 Å². The number of nitrogens with two attached hydrogens (primary N) is 1. The third-order valence-electron chi connectivity index (χ3n) is 0.707. The Bertz CT molecular complexity index is 68.0. The molecule has 0 bridgehead atoms. The van der Waals surface area contributed by atoms with Crippen LogP contribution in [0.2, 0.25) is 0 Å². The van der Waals surface area contributed by atoms with Crippen molar-refractivity contribution < 1.29 is 26.4 Å². The Morgan fingerprint density at radius 1 is 1.23 bits per heavy atom. The van der Waals surface area contributed by atoms with E-state index >= 15 is 0 Å². The summed E-state index contributed by atoms with van der Waals surface area (Å²) in [6.07, 6.45) is 2.97. The van der Waals surface area contributed by atoms with Crippen molar-refractivity contribution in [1.29, 1.82) is 0 Å². The SMILES string of the molecule is NC(=O)[O-].[CH2-]CCC.[CH2-]CCC.[Ni+2]. The van der Waals surface area contributed by atoms with Crippen molar-refractivity contribution in [3.63, 3.8) is 0 Å². The van der Waals surface area contributed by atoms with Gasteiger partial charge in [0, 0.05) is 0 Å². The Morgan fingerprint density at radius 3 is 1.31 bits per heavy atom. The molecule has 0 aliphatic rings. The maximum atomic E-state index is 8.67. The smallest absolute Gasteiger partial charge is 0.530 e. The summed E-state index contributed by atoms with van der Waals surface area (Å²) in [4.78, 5) is 8.67. The zero-order valence-corrected chi connectivity index (χ0v) is 9.44. The van der Waals surface area contributed by atoms with Gasteiger partial charge in [-0.1, -0.05) is 26.7 Å². The summed E-state index contributed by atoms with van der Waals surface area (Å²) < 4.78 is 0. The number of rotatable bonds is 2. The molecule has 0 aromatic heterocycles. The second kappa shape index (κ2) is 29.8. The number of hydrogen-bond acceptors (Lipinski definition) is 2. The summed E-state index contributed by atoms with van der Waals surface area (Å²) in [7, 11) is 0. The van der Waals surface area contributed by atoms with Crippen molar-refractivity contribution in [2.24, 2.45) is 5.73 Å². The van der Waals surface area contributed by atoms with Gasteiger partial charge in [0.05, 0.1) is 0 Å². The Labute approximate surface area is 92.0 Å². The van der Waals surface area contributed by atoms with Gasteiger partial charge in [-0.2, -0.15) is 12.8 Å². The molecule has 0 aliphatic heterocycles. The number of hydrogen-bond donors (Lipinski definition) is 1. The molecule has 0 saturated carbocycles. The van der Waals surface area contributed by atoms with E-state index < -0.39 is 6.09 Å². The first-order chi connectivity index (χ1) is 5.56. The van der Waals surface area contributed by atoms with Gasteiger partial charge in [0.25, 0.3) is 0 Å². The number of primary amides is 1. The third kappa shape index (κ3) is 361. The van der Waals surface area contributed by atoms with E-state index in [1.54, 1.807) is 0 Å². The van der Waals surface area contributed by atoms with E-state index in [1.165, 1.54) is 12.8 Å². The largest absolute Gasteiger partial charge is 2.00 e. The van der Waals surface area contributed by atoms with Crippen molar-refractivity contribution in [3.05, 3.63) is 13.8 Å². The van der Waals surface area contributed by atoms with Crippen LogP contribution in [0.1, 0.15) is 39.5 Å². The molecular formula is C9H20NNiO2-. The van der Waals surface area contributed by atoms with Gasteiger partial charge in [-0.25, -0.2) is 0 Å². The molecule has 0 rings (SSSR count). The first kappa shape index (κ1) is 23.0. The van der Waals surface area contributed by atoms with Crippen molar-refractivity contribution in [3.8, 4) is 0 Å². The normalized spacial score (nSPS) is 6.46. The standard InChI is InChI=1S/2C4H9.CH3NO2.Ni/c2*1-3-4-2;2-1(3)4;/h2*1,3-4H2,2H3;2H2,(H,3,4);/q2*-1;;+2/p-1. The maximum absolute atomic E-state index is 8.67. The van der Waals surface area contributed by atoms with E-state index in [-0.39, 0.29) is 16.5 Å². The average Bonchev–Trinajstić information content (AvgIpc) is 2.03. The molecule has 3 nitrogen and oxygen atoms in total. The van der Waals surface area contributed by atoms with E-state index in [0.717, 1.165) is 12.8 Å². The molecule has 84 valence electrons. The van der Waals surface area contributed by atoms with Gasteiger partial charge in [-0.3, -0.25) is 0 Å². The molecule has 0 radical (unpaired) electrons. The summed E-state index contributed by atoms with van der Waals surface area (Å²) in [5.41, 5.74) is 3.92. The molecule has 0 atom stereocenters. The number of unbranched alkanes of at least 4 members (excludes halogenated alkanes) is 2. The van der Waals surface area contributed by atoms with Crippen LogP contribution in [0.3, 0.4) is 0 Å². The third-order valence-corrected chi connectivity index (χ3v) is 0.707. The van der Waals surface area contributed by atoms with E-state index in [2.05, 4.69) is 33.4 Å². The minimum Gasteiger partial charge on any atom is -0.530 e. The predicted molar refractivity (Wildman–Crippen MR) is 50.1 cm³/mol. The summed E-state index contributed by atoms with van der Waals surface area (Å²) in [6, 6.07) is 0. The molecule has 0 aromatic rings. The Hall–Kier alpha value is -0.236. The molecule has 2 N–H and O–H groups in total. The molecule has 4 heteroatoms. The molecule has 0 fully saturated rings. The van der Waals surface area contributed by atoms with Crippen LogP contribution in [0.4, 0.5) is 4.79 Å².